The van der Waals surface area contributed by atoms with Crippen LogP contribution in [0.3, 0.4) is 0 Å². The maximum absolute atomic E-state index is 12.0. The molecule has 0 aliphatic carbocycles. The molecule has 4 aromatic carbocycles. The summed E-state index contributed by atoms with van der Waals surface area (Å²) in [6.45, 7) is 2.14. The predicted octanol–water partition coefficient (Wildman–Crippen LogP) is 8.39. The molecule has 0 aliphatic heterocycles. The first-order chi connectivity index (χ1) is 18.1. The Labute approximate surface area is 221 Å². The number of carbonyl (C=O) groups is 1. The quantitative estimate of drug-likeness (QED) is 0.165. The molecular weight excluding hydrogens is 480 g/mol. The number of ether oxygens (including phenoxy) is 1. The van der Waals surface area contributed by atoms with Crippen molar-refractivity contribution in [1.82, 2.24) is 4.57 Å². The van der Waals surface area contributed by atoms with Gasteiger partial charge in [0.2, 0.25) is 0 Å². The summed E-state index contributed by atoms with van der Waals surface area (Å²) in [4.78, 5) is 16.7. The summed E-state index contributed by atoms with van der Waals surface area (Å²) < 4.78 is 7.32. The molecule has 5 heteroatoms. The van der Waals surface area contributed by atoms with Crippen LogP contribution in [0.25, 0.3) is 28.2 Å². The average molecular weight is 505 g/mol. The fourth-order valence-corrected chi connectivity index (χ4v) is 4.37. The molecule has 0 atom stereocenters. The van der Waals surface area contributed by atoms with Crippen molar-refractivity contribution in [2.24, 2.45) is 4.99 Å². The van der Waals surface area contributed by atoms with Gasteiger partial charge in [-0.1, -0.05) is 72.3 Å². The summed E-state index contributed by atoms with van der Waals surface area (Å²) in [5.74, 6) is -0.336. The van der Waals surface area contributed by atoms with Crippen LogP contribution in [0, 0.1) is 0 Å². The highest BCUT2D eigenvalue weighted by molar-refractivity contribution is 6.30. The molecule has 5 aromatic rings. The van der Waals surface area contributed by atoms with E-state index in [4.69, 9.17) is 21.3 Å². The Morgan fingerprint density at radius 3 is 2.08 bits per heavy atom. The summed E-state index contributed by atoms with van der Waals surface area (Å²) in [5, 5.41) is 0.687. The molecular formula is C32H25ClN2O2. The van der Waals surface area contributed by atoms with Gasteiger partial charge in [-0.15, -0.1) is 0 Å². The Balaban J connectivity index is 1.65. The number of hydrogen-bond acceptors (Lipinski definition) is 3. The molecule has 37 heavy (non-hydrogen) atoms. The van der Waals surface area contributed by atoms with E-state index in [-0.39, 0.29) is 5.97 Å². The minimum absolute atomic E-state index is 0.336. The van der Waals surface area contributed by atoms with Crippen LogP contribution in [0.15, 0.2) is 120 Å². The van der Waals surface area contributed by atoms with Gasteiger partial charge in [0.15, 0.2) is 0 Å². The van der Waals surface area contributed by atoms with Crippen molar-refractivity contribution < 1.29 is 9.53 Å². The fraction of sp³-hybridized carbons (Fsp3) is 0.0625. The lowest BCUT2D eigenvalue weighted by Crippen LogP contribution is -2.03. The van der Waals surface area contributed by atoms with E-state index in [2.05, 4.69) is 34.9 Å². The number of aromatic nitrogens is 1. The zero-order chi connectivity index (χ0) is 25.6. The molecule has 182 valence electrons. The van der Waals surface area contributed by atoms with Crippen molar-refractivity contribution in [3.05, 3.63) is 131 Å². The molecule has 5 rings (SSSR count). The van der Waals surface area contributed by atoms with Gasteiger partial charge in [0.05, 0.1) is 29.2 Å². The fourth-order valence-electron chi connectivity index (χ4n) is 4.24. The molecule has 0 amide bonds. The van der Waals surface area contributed by atoms with Crippen LogP contribution in [-0.4, -0.2) is 23.4 Å². The average Bonchev–Trinajstić information content (AvgIpc) is 3.33. The number of carbonyl (C=O) groups excluding carboxylic acids is 1. The van der Waals surface area contributed by atoms with E-state index in [1.54, 1.807) is 19.1 Å². The van der Waals surface area contributed by atoms with Crippen molar-refractivity contribution in [3.63, 3.8) is 0 Å². The molecule has 1 heterocycles. The molecule has 0 unspecified atom stereocenters. The van der Waals surface area contributed by atoms with Gasteiger partial charge in [-0.2, -0.15) is 0 Å². The number of hydrogen-bond donors (Lipinski definition) is 0. The second-order valence-electron chi connectivity index (χ2n) is 8.40. The normalized spacial score (nSPS) is 11.1. The summed E-state index contributed by atoms with van der Waals surface area (Å²) in [6.07, 6.45) is 1.88. The summed E-state index contributed by atoms with van der Waals surface area (Å²) in [5.41, 5.74) is 7.44. The van der Waals surface area contributed by atoms with Crippen LogP contribution in [0.2, 0.25) is 5.02 Å². The van der Waals surface area contributed by atoms with Gasteiger partial charge in [0.25, 0.3) is 0 Å². The molecule has 0 saturated heterocycles. The molecule has 0 aliphatic rings. The molecule has 0 bridgehead atoms. The predicted molar refractivity (Wildman–Crippen MR) is 151 cm³/mol. The second kappa shape index (κ2) is 11.1. The van der Waals surface area contributed by atoms with Crippen LogP contribution in [0.5, 0.6) is 0 Å². The zero-order valence-corrected chi connectivity index (χ0v) is 21.1. The van der Waals surface area contributed by atoms with Gasteiger partial charge in [-0.05, 0) is 72.6 Å². The molecule has 0 radical (unpaired) electrons. The third-order valence-electron chi connectivity index (χ3n) is 5.96. The lowest BCUT2D eigenvalue weighted by atomic mass is 10.1. The van der Waals surface area contributed by atoms with Gasteiger partial charge in [0.1, 0.15) is 0 Å². The number of nitrogens with zero attached hydrogens (tertiary/aromatic N) is 2. The first kappa shape index (κ1) is 24.3. The van der Waals surface area contributed by atoms with E-state index < -0.39 is 0 Å². The lowest BCUT2D eigenvalue weighted by molar-refractivity contribution is 0.0526. The minimum atomic E-state index is -0.336. The van der Waals surface area contributed by atoms with Crippen molar-refractivity contribution >= 4 is 29.5 Å². The highest BCUT2D eigenvalue weighted by Crippen LogP contribution is 2.36. The maximum atomic E-state index is 12.0. The topological polar surface area (TPSA) is 43.6 Å². The van der Waals surface area contributed by atoms with Gasteiger partial charge < -0.3 is 9.30 Å². The van der Waals surface area contributed by atoms with E-state index in [0.29, 0.717) is 17.2 Å². The first-order valence-corrected chi connectivity index (χ1v) is 12.5. The van der Waals surface area contributed by atoms with Crippen molar-refractivity contribution in [2.75, 3.05) is 6.61 Å². The Morgan fingerprint density at radius 1 is 0.838 bits per heavy atom. The van der Waals surface area contributed by atoms with E-state index in [1.807, 2.05) is 79.0 Å². The SMILES string of the molecule is CCOC(=O)c1ccc(N=Cc2cc(-c3ccccc3)n(-c3ccc(Cl)cc3)c2-c2ccccc2)cc1. The van der Waals surface area contributed by atoms with Crippen molar-refractivity contribution in [2.45, 2.75) is 6.92 Å². The number of esters is 1. The molecule has 0 N–H and O–H groups in total. The van der Waals surface area contributed by atoms with Crippen molar-refractivity contribution in [3.8, 4) is 28.2 Å². The van der Waals surface area contributed by atoms with Crippen LogP contribution >= 0.6 is 11.6 Å². The summed E-state index contributed by atoms with van der Waals surface area (Å²) in [7, 11) is 0. The van der Waals surface area contributed by atoms with E-state index in [0.717, 1.165) is 39.5 Å². The number of aliphatic imine (C=N–C) groups is 1. The van der Waals surface area contributed by atoms with Gasteiger partial charge >= 0.3 is 5.97 Å². The third kappa shape index (κ3) is 5.40. The second-order valence-corrected chi connectivity index (χ2v) is 8.84. The number of halogens is 1. The monoisotopic (exact) mass is 504 g/mol. The number of rotatable bonds is 7. The maximum Gasteiger partial charge on any atom is 0.338 e. The summed E-state index contributed by atoms with van der Waals surface area (Å²) in [6, 6.07) is 37.7. The molecule has 1 aromatic heterocycles. The van der Waals surface area contributed by atoms with Gasteiger partial charge in [0, 0.05) is 22.5 Å². The Kier molecular flexibility index (Phi) is 7.29. The Bertz CT molecular complexity index is 1520. The van der Waals surface area contributed by atoms with E-state index in [9.17, 15) is 4.79 Å². The third-order valence-corrected chi connectivity index (χ3v) is 6.21. The highest BCUT2D eigenvalue weighted by atomic mass is 35.5. The summed E-state index contributed by atoms with van der Waals surface area (Å²) >= 11 is 6.22. The minimum Gasteiger partial charge on any atom is -0.462 e. The first-order valence-electron chi connectivity index (χ1n) is 12.1. The Morgan fingerprint density at radius 2 is 1.46 bits per heavy atom. The largest absolute Gasteiger partial charge is 0.462 e. The van der Waals surface area contributed by atoms with Gasteiger partial charge in [-0.3, -0.25) is 4.99 Å². The smallest absolute Gasteiger partial charge is 0.338 e. The molecule has 0 saturated carbocycles. The van der Waals surface area contributed by atoms with Crippen LogP contribution in [0.4, 0.5) is 5.69 Å². The molecule has 0 fully saturated rings. The lowest BCUT2D eigenvalue weighted by Gasteiger charge is -2.15. The zero-order valence-electron chi connectivity index (χ0n) is 20.3. The number of benzene rings is 4. The molecule has 4 nitrogen and oxygen atoms in total. The standard InChI is InChI=1S/C32H25ClN2O2/c1-2-37-32(36)25-13-17-28(18-14-25)34-22-26-21-30(23-9-5-3-6-10-23)35(29-19-15-27(33)16-20-29)31(26)24-11-7-4-8-12-24/h3-22H,2H2,1H3. The van der Waals surface area contributed by atoms with Crippen LogP contribution < -0.4 is 0 Å². The van der Waals surface area contributed by atoms with Crippen LogP contribution in [0.1, 0.15) is 22.8 Å². The van der Waals surface area contributed by atoms with E-state index >= 15 is 0 Å². The van der Waals surface area contributed by atoms with Crippen LogP contribution in [-0.2, 0) is 4.74 Å². The van der Waals surface area contributed by atoms with Crippen molar-refractivity contribution in [1.29, 1.82) is 0 Å². The molecule has 0 spiro atoms. The van der Waals surface area contributed by atoms with E-state index in [1.165, 1.54) is 0 Å². The highest BCUT2D eigenvalue weighted by Gasteiger charge is 2.18. The Hall–Kier alpha value is -4.41. The van der Waals surface area contributed by atoms with Gasteiger partial charge in [-0.25, -0.2) is 4.79 Å².